The quantitative estimate of drug-likeness (QED) is 0.599. The lowest BCUT2D eigenvalue weighted by Gasteiger charge is -2.47. The van der Waals surface area contributed by atoms with E-state index in [2.05, 4.69) is 37.7 Å². The van der Waals surface area contributed by atoms with Crippen molar-refractivity contribution in [2.75, 3.05) is 33.7 Å². The zero-order valence-electron chi connectivity index (χ0n) is 8.17. The molecule has 2 atom stereocenters. The largest absolute Gasteiger partial charge is 0.308 e. The Bertz CT molecular complexity index is 123. The number of hydrogen-bond acceptors (Lipinski definition) is 2. The molecule has 0 spiro atoms. The average molecular weight is 156 g/mol. The predicted octanol–water partition coefficient (Wildman–Crippen LogP) is 0.888. The van der Waals surface area contributed by atoms with Crippen molar-refractivity contribution >= 4 is 0 Å². The topological polar surface area (TPSA) is 6.48 Å². The van der Waals surface area contributed by atoms with Crippen LogP contribution in [-0.2, 0) is 0 Å². The van der Waals surface area contributed by atoms with Crippen LogP contribution in [-0.4, -0.2) is 49.6 Å². The maximum Gasteiger partial charge on any atom is 0.0260 e. The van der Waals surface area contributed by atoms with Crippen molar-refractivity contribution in [2.24, 2.45) is 5.92 Å². The Morgan fingerprint density at radius 2 is 2.09 bits per heavy atom. The Hall–Kier alpha value is -0.0800. The molecule has 2 nitrogen and oxygen atoms in total. The maximum atomic E-state index is 2.55. The molecule has 11 heavy (non-hydrogen) atoms. The first-order chi connectivity index (χ1) is 5.15. The molecule has 0 amide bonds. The van der Waals surface area contributed by atoms with Crippen LogP contribution in [0.1, 0.15) is 13.8 Å². The predicted molar refractivity (Wildman–Crippen MR) is 48.8 cm³/mol. The molecule has 1 aliphatic heterocycles. The fraction of sp³-hybridized carbons (Fsp3) is 1.00. The van der Waals surface area contributed by atoms with Gasteiger partial charge in [0.1, 0.15) is 0 Å². The van der Waals surface area contributed by atoms with E-state index >= 15 is 0 Å². The minimum atomic E-state index is 0.815. The van der Waals surface area contributed by atoms with Crippen LogP contribution in [0.25, 0.3) is 0 Å². The molecule has 2 unspecified atom stereocenters. The summed E-state index contributed by atoms with van der Waals surface area (Å²) in [4.78, 5) is 4.83. The first kappa shape index (κ1) is 9.01. The molecule has 0 aromatic rings. The van der Waals surface area contributed by atoms with Gasteiger partial charge in [-0.1, -0.05) is 13.8 Å². The lowest BCUT2D eigenvalue weighted by Crippen LogP contribution is -2.58. The van der Waals surface area contributed by atoms with E-state index in [1.165, 1.54) is 19.6 Å². The highest BCUT2D eigenvalue weighted by Crippen LogP contribution is 2.23. The molecule has 2 heteroatoms. The van der Waals surface area contributed by atoms with Gasteiger partial charge in [-0.3, -0.25) is 4.90 Å². The number of likely N-dealkylation sites (N-methyl/N-ethyl adjacent to an activating group) is 2. The van der Waals surface area contributed by atoms with Gasteiger partial charge in [0.15, 0.2) is 0 Å². The van der Waals surface area contributed by atoms with Crippen LogP contribution in [0, 0.1) is 5.92 Å². The van der Waals surface area contributed by atoms with Crippen LogP contribution in [0.2, 0.25) is 0 Å². The van der Waals surface area contributed by atoms with Gasteiger partial charge >= 0.3 is 0 Å². The summed E-state index contributed by atoms with van der Waals surface area (Å²) in [7, 11) is 4.30. The maximum absolute atomic E-state index is 2.55. The molecular formula is C9H20N2. The monoisotopic (exact) mass is 156 g/mol. The third kappa shape index (κ3) is 1.94. The minimum Gasteiger partial charge on any atom is -0.308 e. The van der Waals surface area contributed by atoms with Crippen LogP contribution in [0.3, 0.4) is 0 Å². The molecule has 0 aromatic carbocycles. The second-order valence-electron chi connectivity index (χ2n) is 3.89. The van der Waals surface area contributed by atoms with Crippen molar-refractivity contribution in [2.45, 2.75) is 19.9 Å². The molecule has 1 saturated heterocycles. The van der Waals surface area contributed by atoms with Crippen molar-refractivity contribution in [1.29, 1.82) is 0 Å². The van der Waals surface area contributed by atoms with Crippen molar-refractivity contribution in [3.05, 3.63) is 0 Å². The fourth-order valence-corrected chi connectivity index (χ4v) is 1.88. The summed E-state index contributed by atoms with van der Waals surface area (Å²) in [5.41, 5.74) is 0. The average Bonchev–Trinajstić information content (AvgIpc) is 1.95. The van der Waals surface area contributed by atoms with Gasteiger partial charge in [-0.25, -0.2) is 0 Å². The SMILES string of the molecule is CCN1CC(C)C1CN(C)C. The first-order valence-corrected chi connectivity index (χ1v) is 4.54. The molecule has 0 aromatic heterocycles. The van der Waals surface area contributed by atoms with Crippen LogP contribution >= 0.6 is 0 Å². The minimum absolute atomic E-state index is 0.815. The standard InChI is InChI=1S/C9H20N2/c1-5-11-6-8(2)9(11)7-10(3)4/h8-9H,5-7H2,1-4H3. The third-order valence-electron chi connectivity index (χ3n) is 2.61. The van der Waals surface area contributed by atoms with Gasteiger partial charge < -0.3 is 4.90 Å². The van der Waals surface area contributed by atoms with Gasteiger partial charge in [-0.15, -0.1) is 0 Å². The molecule has 1 rings (SSSR count). The summed E-state index contributed by atoms with van der Waals surface area (Å²) >= 11 is 0. The van der Waals surface area contributed by atoms with Gasteiger partial charge in [0.2, 0.25) is 0 Å². The Balaban J connectivity index is 2.30. The fourth-order valence-electron chi connectivity index (χ4n) is 1.88. The molecule has 0 bridgehead atoms. The molecule has 1 heterocycles. The van der Waals surface area contributed by atoms with Crippen molar-refractivity contribution in [1.82, 2.24) is 9.80 Å². The Labute approximate surface area is 70.2 Å². The highest BCUT2D eigenvalue weighted by atomic mass is 15.3. The summed E-state index contributed by atoms with van der Waals surface area (Å²) in [6.45, 7) is 8.32. The van der Waals surface area contributed by atoms with Crippen LogP contribution in [0.4, 0.5) is 0 Å². The molecule has 0 saturated carbocycles. The van der Waals surface area contributed by atoms with Crippen LogP contribution in [0.15, 0.2) is 0 Å². The van der Waals surface area contributed by atoms with E-state index in [9.17, 15) is 0 Å². The molecule has 0 N–H and O–H groups in total. The highest BCUT2D eigenvalue weighted by molar-refractivity contribution is 4.89. The third-order valence-corrected chi connectivity index (χ3v) is 2.61. The number of hydrogen-bond donors (Lipinski definition) is 0. The van der Waals surface area contributed by atoms with Crippen molar-refractivity contribution < 1.29 is 0 Å². The van der Waals surface area contributed by atoms with Gasteiger partial charge in [-0.2, -0.15) is 0 Å². The molecule has 1 aliphatic rings. The molecule has 66 valence electrons. The number of rotatable bonds is 3. The summed E-state index contributed by atoms with van der Waals surface area (Å²) in [5, 5.41) is 0. The van der Waals surface area contributed by atoms with Crippen LogP contribution < -0.4 is 0 Å². The van der Waals surface area contributed by atoms with E-state index in [-0.39, 0.29) is 0 Å². The van der Waals surface area contributed by atoms with Gasteiger partial charge in [0.05, 0.1) is 0 Å². The Kier molecular flexibility index (Phi) is 2.90. The zero-order valence-corrected chi connectivity index (χ0v) is 8.17. The summed E-state index contributed by atoms with van der Waals surface area (Å²) in [5.74, 6) is 0.900. The Morgan fingerprint density at radius 3 is 2.45 bits per heavy atom. The van der Waals surface area contributed by atoms with Gasteiger partial charge in [0, 0.05) is 19.1 Å². The number of likely N-dealkylation sites (tertiary alicyclic amines) is 1. The first-order valence-electron chi connectivity index (χ1n) is 4.54. The van der Waals surface area contributed by atoms with E-state index in [4.69, 9.17) is 0 Å². The van der Waals surface area contributed by atoms with Crippen molar-refractivity contribution in [3.8, 4) is 0 Å². The summed E-state index contributed by atoms with van der Waals surface area (Å²) in [6.07, 6.45) is 0. The van der Waals surface area contributed by atoms with E-state index in [1.54, 1.807) is 0 Å². The van der Waals surface area contributed by atoms with E-state index in [1.807, 2.05) is 0 Å². The second kappa shape index (κ2) is 3.55. The summed E-state index contributed by atoms with van der Waals surface area (Å²) in [6, 6.07) is 0.815. The Morgan fingerprint density at radius 1 is 1.45 bits per heavy atom. The van der Waals surface area contributed by atoms with Gasteiger partial charge in [0.25, 0.3) is 0 Å². The van der Waals surface area contributed by atoms with Crippen molar-refractivity contribution in [3.63, 3.8) is 0 Å². The molecular weight excluding hydrogens is 136 g/mol. The lowest BCUT2D eigenvalue weighted by molar-refractivity contribution is 0.0148. The molecule has 0 aliphatic carbocycles. The molecule has 1 fully saturated rings. The highest BCUT2D eigenvalue weighted by Gasteiger charge is 2.33. The van der Waals surface area contributed by atoms with E-state index < -0.39 is 0 Å². The van der Waals surface area contributed by atoms with E-state index in [0.717, 1.165) is 12.0 Å². The smallest absolute Gasteiger partial charge is 0.0260 e. The zero-order chi connectivity index (χ0) is 8.43. The normalized spacial score (nSPS) is 32.5. The van der Waals surface area contributed by atoms with Crippen LogP contribution in [0.5, 0.6) is 0 Å². The number of nitrogens with zero attached hydrogens (tertiary/aromatic N) is 2. The second-order valence-corrected chi connectivity index (χ2v) is 3.89. The molecule has 0 radical (unpaired) electrons. The summed E-state index contributed by atoms with van der Waals surface area (Å²) < 4.78 is 0. The lowest BCUT2D eigenvalue weighted by atomic mass is 9.90. The van der Waals surface area contributed by atoms with E-state index in [0.29, 0.717) is 0 Å². The van der Waals surface area contributed by atoms with Gasteiger partial charge in [-0.05, 0) is 26.6 Å².